The van der Waals surface area contributed by atoms with Crippen molar-refractivity contribution in [3.63, 3.8) is 0 Å². The first-order valence-corrected chi connectivity index (χ1v) is 15.7. The van der Waals surface area contributed by atoms with Crippen molar-refractivity contribution in [3.8, 4) is 0 Å². The minimum absolute atomic E-state index is 0.734. The van der Waals surface area contributed by atoms with Crippen LogP contribution in [0.25, 0.3) is 0 Å². The number of hydrogen-bond donors (Lipinski definition) is 1. The summed E-state index contributed by atoms with van der Waals surface area (Å²) in [5.74, 6) is 6.79. The van der Waals surface area contributed by atoms with Gasteiger partial charge in [0, 0.05) is 19.0 Å². The number of rotatable bonds is 3. The number of hydrogen-bond acceptors (Lipinski definition) is 1. The number of fused-ring (bicyclic) bond motifs is 4. The van der Waals surface area contributed by atoms with E-state index in [1.54, 1.807) is 16.7 Å². The van der Waals surface area contributed by atoms with Crippen LogP contribution in [0.2, 0.25) is 0 Å². The smallest absolute Gasteiger partial charge is 0.0135 e. The van der Waals surface area contributed by atoms with Crippen molar-refractivity contribution in [1.29, 1.82) is 0 Å². The maximum absolute atomic E-state index is 3.63. The lowest BCUT2D eigenvalue weighted by Gasteiger charge is -2.48. The monoisotopic (exact) mass is 481 g/mol. The average molecular weight is 482 g/mol. The average Bonchev–Trinajstić information content (AvgIpc) is 2.97. The van der Waals surface area contributed by atoms with Crippen molar-refractivity contribution >= 4 is 0 Å². The molecule has 36 heavy (non-hydrogen) atoms. The lowest BCUT2D eigenvalue weighted by Crippen LogP contribution is -2.39. The van der Waals surface area contributed by atoms with Gasteiger partial charge in [0.2, 0.25) is 0 Å². The van der Waals surface area contributed by atoms with Gasteiger partial charge in [0.25, 0.3) is 0 Å². The molecular formula is C35H47N. The summed E-state index contributed by atoms with van der Waals surface area (Å²) in [5.41, 5.74) is 7.08. The maximum Gasteiger partial charge on any atom is 0.0135 e. The first-order chi connectivity index (χ1) is 17.9. The Morgan fingerprint density at radius 3 is 2.58 bits per heavy atom. The van der Waals surface area contributed by atoms with E-state index < -0.39 is 0 Å². The minimum atomic E-state index is 0.734. The van der Waals surface area contributed by atoms with Gasteiger partial charge in [-0.1, -0.05) is 67.0 Å². The summed E-state index contributed by atoms with van der Waals surface area (Å²) in [7, 11) is 0. The lowest BCUT2D eigenvalue weighted by atomic mass is 9.56. The van der Waals surface area contributed by atoms with E-state index >= 15 is 0 Å². The molecule has 8 atom stereocenters. The van der Waals surface area contributed by atoms with Crippen molar-refractivity contribution in [1.82, 2.24) is 5.32 Å². The van der Waals surface area contributed by atoms with Crippen LogP contribution in [-0.4, -0.2) is 13.1 Å². The van der Waals surface area contributed by atoms with Gasteiger partial charge in [-0.15, -0.1) is 0 Å². The second-order valence-electron chi connectivity index (χ2n) is 13.2. The predicted octanol–water partition coefficient (Wildman–Crippen LogP) is 8.49. The third kappa shape index (κ3) is 4.28. The molecule has 1 saturated carbocycles. The minimum Gasteiger partial charge on any atom is -0.313 e. The molecule has 0 spiro atoms. The van der Waals surface area contributed by atoms with Crippen LogP contribution in [0.15, 0.2) is 70.9 Å². The highest BCUT2D eigenvalue weighted by atomic mass is 14.9. The van der Waals surface area contributed by atoms with Gasteiger partial charge in [-0.2, -0.15) is 0 Å². The fourth-order valence-electron chi connectivity index (χ4n) is 9.83. The standard InChI is InChI=1S/C35H47N/c1-2-10-28-26(8-1)22-35(34-14-6-5-11-31(28)34)25-17-15-24(16-18-25)29-19-20-30(27-9-7-21-36-23-27)33-13-4-3-12-32(29)33/h2-3,7,9-10,12,15,22,25,27-28,30-31,33-36H,1,4-6,8,11,13-14,16-21,23H2. The van der Waals surface area contributed by atoms with Crippen LogP contribution in [0, 0.1) is 47.3 Å². The molecule has 0 aromatic rings. The van der Waals surface area contributed by atoms with Crippen molar-refractivity contribution in [2.45, 2.75) is 83.5 Å². The molecule has 6 aliphatic carbocycles. The van der Waals surface area contributed by atoms with Gasteiger partial charge in [-0.3, -0.25) is 0 Å². The molecule has 0 saturated heterocycles. The zero-order valence-corrected chi connectivity index (χ0v) is 22.3. The molecule has 0 bridgehead atoms. The van der Waals surface area contributed by atoms with Crippen molar-refractivity contribution in [3.05, 3.63) is 70.9 Å². The van der Waals surface area contributed by atoms with E-state index in [1.165, 1.54) is 90.0 Å². The molecule has 1 nitrogen and oxygen atoms in total. The highest BCUT2D eigenvalue weighted by Crippen LogP contribution is 2.54. The third-order valence-corrected chi connectivity index (χ3v) is 11.5. The quantitative estimate of drug-likeness (QED) is 0.398. The molecule has 1 aliphatic heterocycles. The van der Waals surface area contributed by atoms with Gasteiger partial charge in [0.15, 0.2) is 0 Å². The first-order valence-electron chi connectivity index (χ1n) is 15.7. The fourth-order valence-corrected chi connectivity index (χ4v) is 9.83. The Labute approximate surface area is 220 Å². The van der Waals surface area contributed by atoms with Crippen LogP contribution < -0.4 is 5.32 Å². The zero-order valence-electron chi connectivity index (χ0n) is 22.3. The van der Waals surface area contributed by atoms with Gasteiger partial charge in [-0.05, 0) is 129 Å². The molecule has 0 aromatic heterocycles. The Hall–Kier alpha value is -1.60. The maximum atomic E-state index is 3.63. The Kier molecular flexibility index (Phi) is 6.71. The van der Waals surface area contributed by atoms with Crippen LogP contribution in [0.3, 0.4) is 0 Å². The molecule has 0 aromatic carbocycles. The van der Waals surface area contributed by atoms with Crippen LogP contribution in [-0.2, 0) is 0 Å². The van der Waals surface area contributed by atoms with E-state index in [0.717, 1.165) is 53.9 Å². The van der Waals surface area contributed by atoms with E-state index in [9.17, 15) is 0 Å². The zero-order chi connectivity index (χ0) is 23.9. The van der Waals surface area contributed by atoms with E-state index in [2.05, 4.69) is 53.9 Å². The summed E-state index contributed by atoms with van der Waals surface area (Å²) >= 11 is 0. The van der Waals surface area contributed by atoms with E-state index in [-0.39, 0.29) is 0 Å². The van der Waals surface area contributed by atoms with Gasteiger partial charge in [0.05, 0.1) is 0 Å². The van der Waals surface area contributed by atoms with Crippen molar-refractivity contribution in [2.24, 2.45) is 47.3 Å². The Morgan fingerprint density at radius 2 is 1.72 bits per heavy atom. The molecular weight excluding hydrogens is 434 g/mol. The van der Waals surface area contributed by atoms with Gasteiger partial charge < -0.3 is 5.32 Å². The molecule has 8 unspecified atom stereocenters. The third-order valence-electron chi connectivity index (χ3n) is 11.5. The second-order valence-corrected chi connectivity index (χ2v) is 13.2. The van der Waals surface area contributed by atoms with Crippen LogP contribution >= 0.6 is 0 Å². The number of nitrogens with one attached hydrogen (secondary N) is 1. The highest BCUT2D eigenvalue weighted by Gasteiger charge is 2.43. The van der Waals surface area contributed by atoms with E-state index in [1.807, 2.05) is 5.57 Å². The first kappa shape index (κ1) is 23.5. The molecule has 0 amide bonds. The fraction of sp³-hybridized carbons (Fsp3) is 0.657. The second kappa shape index (κ2) is 10.3. The topological polar surface area (TPSA) is 12.0 Å². The number of allylic oxidation sites excluding steroid dienone is 10. The molecule has 1 heteroatoms. The van der Waals surface area contributed by atoms with Gasteiger partial charge >= 0.3 is 0 Å². The van der Waals surface area contributed by atoms with Gasteiger partial charge in [0.1, 0.15) is 0 Å². The molecule has 192 valence electrons. The van der Waals surface area contributed by atoms with Crippen LogP contribution in [0.1, 0.15) is 83.5 Å². The van der Waals surface area contributed by atoms with Crippen LogP contribution in [0.4, 0.5) is 0 Å². The molecule has 1 fully saturated rings. The summed E-state index contributed by atoms with van der Waals surface area (Å²) < 4.78 is 0. The van der Waals surface area contributed by atoms with Crippen molar-refractivity contribution < 1.29 is 0 Å². The van der Waals surface area contributed by atoms with Gasteiger partial charge in [-0.25, -0.2) is 0 Å². The molecule has 1 heterocycles. The Morgan fingerprint density at radius 1 is 0.778 bits per heavy atom. The molecule has 7 rings (SSSR count). The normalized spacial score (nSPS) is 42.2. The van der Waals surface area contributed by atoms with Crippen LogP contribution in [0.5, 0.6) is 0 Å². The predicted molar refractivity (Wildman–Crippen MR) is 151 cm³/mol. The van der Waals surface area contributed by atoms with E-state index in [0.29, 0.717) is 0 Å². The highest BCUT2D eigenvalue weighted by molar-refractivity contribution is 5.45. The Bertz CT molecular complexity index is 1020. The van der Waals surface area contributed by atoms with E-state index in [4.69, 9.17) is 0 Å². The SMILES string of the molecule is C1=CC2C(=CC(C3CC=C(C4=C5C=CCCC5C(C5C=CCNC5)CC4)CC3)C3CCCCC23)CC1. The summed E-state index contributed by atoms with van der Waals surface area (Å²) in [6.45, 7) is 2.25. The lowest BCUT2D eigenvalue weighted by molar-refractivity contribution is 0.101. The molecule has 7 aliphatic rings. The molecule has 0 radical (unpaired) electrons. The Balaban J connectivity index is 1.12. The summed E-state index contributed by atoms with van der Waals surface area (Å²) in [6, 6.07) is 0. The molecule has 1 N–H and O–H groups in total. The largest absolute Gasteiger partial charge is 0.313 e. The summed E-state index contributed by atoms with van der Waals surface area (Å²) in [6.07, 6.45) is 38.6. The van der Waals surface area contributed by atoms with Crippen molar-refractivity contribution in [2.75, 3.05) is 13.1 Å². The summed E-state index contributed by atoms with van der Waals surface area (Å²) in [4.78, 5) is 0. The summed E-state index contributed by atoms with van der Waals surface area (Å²) in [5, 5.41) is 3.63.